The molecule has 1 saturated heterocycles. The number of amides is 1. The predicted octanol–water partition coefficient (Wildman–Crippen LogP) is 4.42. The molecule has 2 fully saturated rings. The monoisotopic (exact) mass is 431 g/mol. The minimum Gasteiger partial charge on any atom is -0.490 e. The van der Waals surface area contributed by atoms with E-state index in [0.29, 0.717) is 18.2 Å². The molecule has 1 aliphatic carbocycles. The molecule has 0 spiro atoms. The summed E-state index contributed by atoms with van der Waals surface area (Å²) in [6.07, 6.45) is 5.34. The SMILES string of the molecule is CCc1cc(C(=O)N(C)CC2CC(Oc3ccc(CN4CCCC4)c(Cl)c3)C2)no1. The van der Waals surface area contributed by atoms with Gasteiger partial charge in [-0.3, -0.25) is 9.69 Å². The van der Waals surface area contributed by atoms with E-state index in [2.05, 4.69) is 16.1 Å². The number of halogens is 1. The molecule has 0 unspecified atom stereocenters. The van der Waals surface area contributed by atoms with Gasteiger partial charge in [-0.25, -0.2) is 0 Å². The Labute approximate surface area is 183 Å². The highest BCUT2D eigenvalue weighted by Gasteiger charge is 2.33. The Balaban J connectivity index is 1.22. The molecule has 1 saturated carbocycles. The normalized spacial score (nSPS) is 21.4. The molecular formula is C23H30ClN3O3. The summed E-state index contributed by atoms with van der Waals surface area (Å²) < 4.78 is 11.2. The minimum atomic E-state index is -0.0943. The van der Waals surface area contributed by atoms with Crippen molar-refractivity contribution in [3.8, 4) is 5.75 Å². The van der Waals surface area contributed by atoms with Crippen molar-refractivity contribution in [3.63, 3.8) is 0 Å². The van der Waals surface area contributed by atoms with Crippen molar-refractivity contribution in [2.45, 2.75) is 51.7 Å². The third-order valence-corrected chi connectivity index (χ3v) is 6.47. The molecule has 0 radical (unpaired) electrons. The molecule has 2 heterocycles. The third-order valence-electron chi connectivity index (χ3n) is 6.12. The maximum Gasteiger partial charge on any atom is 0.275 e. The molecule has 4 rings (SSSR count). The van der Waals surface area contributed by atoms with Gasteiger partial charge in [-0.05, 0) is 62.4 Å². The number of nitrogens with zero attached hydrogens (tertiary/aromatic N) is 3. The van der Waals surface area contributed by atoms with Crippen molar-refractivity contribution in [1.82, 2.24) is 15.0 Å². The summed E-state index contributed by atoms with van der Waals surface area (Å²) >= 11 is 6.49. The van der Waals surface area contributed by atoms with E-state index in [4.69, 9.17) is 20.9 Å². The van der Waals surface area contributed by atoms with Gasteiger partial charge in [-0.2, -0.15) is 0 Å². The van der Waals surface area contributed by atoms with Crippen molar-refractivity contribution in [3.05, 3.63) is 46.3 Å². The first-order valence-corrected chi connectivity index (χ1v) is 11.3. The lowest BCUT2D eigenvalue weighted by Crippen LogP contribution is -2.42. The predicted molar refractivity (Wildman–Crippen MR) is 116 cm³/mol. The Hall–Kier alpha value is -2.05. The fourth-order valence-electron chi connectivity index (χ4n) is 4.27. The van der Waals surface area contributed by atoms with Crippen LogP contribution in [-0.2, 0) is 13.0 Å². The topological polar surface area (TPSA) is 58.8 Å². The fraction of sp³-hybridized carbons (Fsp3) is 0.565. The second kappa shape index (κ2) is 9.40. The summed E-state index contributed by atoms with van der Waals surface area (Å²) in [6, 6.07) is 7.77. The van der Waals surface area contributed by atoms with Crippen molar-refractivity contribution in [1.29, 1.82) is 0 Å². The van der Waals surface area contributed by atoms with Gasteiger partial charge in [0.2, 0.25) is 0 Å². The molecule has 6 nitrogen and oxygen atoms in total. The van der Waals surface area contributed by atoms with Gasteiger partial charge in [0.05, 0.1) is 6.10 Å². The molecule has 2 aromatic rings. The summed E-state index contributed by atoms with van der Waals surface area (Å²) in [4.78, 5) is 16.6. The van der Waals surface area contributed by atoms with Crippen LogP contribution in [0.4, 0.5) is 0 Å². The maximum atomic E-state index is 12.5. The Morgan fingerprint density at radius 2 is 2.07 bits per heavy atom. The van der Waals surface area contributed by atoms with E-state index >= 15 is 0 Å². The average molecular weight is 432 g/mol. The number of aryl methyl sites for hydroxylation is 1. The molecular weight excluding hydrogens is 402 g/mol. The molecule has 0 bridgehead atoms. The fourth-order valence-corrected chi connectivity index (χ4v) is 4.50. The molecule has 162 valence electrons. The van der Waals surface area contributed by atoms with E-state index in [1.165, 1.54) is 12.8 Å². The summed E-state index contributed by atoms with van der Waals surface area (Å²) in [5, 5.41) is 4.65. The van der Waals surface area contributed by atoms with Crippen molar-refractivity contribution < 1.29 is 14.1 Å². The largest absolute Gasteiger partial charge is 0.490 e. The van der Waals surface area contributed by atoms with Crippen LogP contribution < -0.4 is 4.74 Å². The molecule has 1 aromatic carbocycles. The minimum absolute atomic E-state index is 0.0943. The number of hydrogen-bond donors (Lipinski definition) is 0. The number of rotatable bonds is 8. The summed E-state index contributed by atoms with van der Waals surface area (Å²) in [5.74, 6) is 1.90. The molecule has 2 aliphatic rings. The second-order valence-electron chi connectivity index (χ2n) is 8.53. The number of likely N-dealkylation sites (tertiary alicyclic amines) is 1. The molecule has 1 amide bonds. The standard InChI is InChI=1S/C23H30ClN3O3/c1-3-18-13-22(25-30-18)23(28)26(2)14-16-10-20(11-16)29-19-7-6-17(21(24)12-19)15-27-8-4-5-9-27/h6-7,12-13,16,20H,3-5,8-11,14-15H2,1-2H3. The number of aromatic nitrogens is 1. The Morgan fingerprint density at radius 1 is 1.30 bits per heavy atom. The Kier molecular flexibility index (Phi) is 6.64. The van der Waals surface area contributed by atoms with E-state index < -0.39 is 0 Å². The van der Waals surface area contributed by atoms with Crippen LogP contribution >= 0.6 is 11.6 Å². The number of carbonyl (C=O) groups is 1. The summed E-state index contributed by atoms with van der Waals surface area (Å²) in [5.41, 5.74) is 1.54. The van der Waals surface area contributed by atoms with Gasteiger partial charge in [0.15, 0.2) is 5.69 Å². The van der Waals surface area contributed by atoms with Gasteiger partial charge in [0.25, 0.3) is 5.91 Å². The first-order chi connectivity index (χ1) is 14.5. The average Bonchev–Trinajstić information content (AvgIpc) is 3.39. The zero-order valence-corrected chi connectivity index (χ0v) is 18.5. The van der Waals surface area contributed by atoms with Crippen LogP contribution in [0.3, 0.4) is 0 Å². The van der Waals surface area contributed by atoms with Gasteiger partial charge >= 0.3 is 0 Å². The zero-order valence-electron chi connectivity index (χ0n) is 17.8. The van der Waals surface area contributed by atoms with Crippen LogP contribution in [0.25, 0.3) is 0 Å². The Morgan fingerprint density at radius 3 is 2.73 bits per heavy atom. The summed E-state index contributed by atoms with van der Waals surface area (Å²) in [7, 11) is 1.82. The van der Waals surface area contributed by atoms with Crippen molar-refractivity contribution in [2.75, 3.05) is 26.7 Å². The van der Waals surface area contributed by atoms with Crippen LogP contribution in [0.15, 0.2) is 28.8 Å². The first-order valence-electron chi connectivity index (χ1n) is 10.9. The highest BCUT2D eigenvalue weighted by atomic mass is 35.5. The van der Waals surface area contributed by atoms with Crippen LogP contribution in [0.1, 0.15) is 54.4 Å². The van der Waals surface area contributed by atoms with Crippen molar-refractivity contribution in [2.24, 2.45) is 5.92 Å². The van der Waals surface area contributed by atoms with Gasteiger partial charge in [0.1, 0.15) is 11.5 Å². The zero-order chi connectivity index (χ0) is 21.1. The first kappa shape index (κ1) is 21.2. The molecule has 1 aliphatic heterocycles. The van der Waals surface area contributed by atoms with Crippen molar-refractivity contribution >= 4 is 17.5 Å². The van der Waals surface area contributed by atoms with Crippen LogP contribution in [0.5, 0.6) is 5.75 Å². The van der Waals surface area contributed by atoms with E-state index in [1.807, 2.05) is 26.1 Å². The lowest BCUT2D eigenvalue weighted by molar-refractivity contribution is 0.0415. The van der Waals surface area contributed by atoms with Gasteiger partial charge in [-0.1, -0.05) is 29.7 Å². The van der Waals surface area contributed by atoms with E-state index in [1.54, 1.807) is 11.0 Å². The van der Waals surface area contributed by atoms with E-state index in [-0.39, 0.29) is 12.0 Å². The highest BCUT2D eigenvalue weighted by molar-refractivity contribution is 6.31. The maximum absolute atomic E-state index is 12.5. The number of hydrogen-bond acceptors (Lipinski definition) is 5. The Bertz CT molecular complexity index is 872. The lowest BCUT2D eigenvalue weighted by Gasteiger charge is -2.37. The van der Waals surface area contributed by atoms with E-state index in [0.717, 1.165) is 61.0 Å². The molecule has 1 aromatic heterocycles. The molecule has 0 N–H and O–H groups in total. The van der Waals surface area contributed by atoms with Crippen LogP contribution in [0, 0.1) is 5.92 Å². The highest BCUT2D eigenvalue weighted by Crippen LogP contribution is 2.33. The van der Waals surface area contributed by atoms with Gasteiger partial charge in [0, 0.05) is 37.6 Å². The number of benzene rings is 1. The van der Waals surface area contributed by atoms with Crippen LogP contribution in [-0.4, -0.2) is 53.6 Å². The third kappa shape index (κ3) is 4.98. The van der Waals surface area contributed by atoms with Crippen LogP contribution in [0.2, 0.25) is 5.02 Å². The summed E-state index contributed by atoms with van der Waals surface area (Å²) in [6.45, 7) is 5.90. The van der Waals surface area contributed by atoms with Gasteiger partial charge in [-0.15, -0.1) is 0 Å². The number of carbonyl (C=O) groups excluding carboxylic acids is 1. The quantitative estimate of drug-likeness (QED) is 0.619. The molecule has 30 heavy (non-hydrogen) atoms. The molecule has 0 atom stereocenters. The van der Waals surface area contributed by atoms with Gasteiger partial charge < -0.3 is 14.2 Å². The second-order valence-corrected chi connectivity index (χ2v) is 8.94. The molecule has 7 heteroatoms. The number of ether oxygens (including phenoxy) is 1. The lowest BCUT2D eigenvalue weighted by atomic mass is 9.82. The van der Waals surface area contributed by atoms with E-state index in [9.17, 15) is 4.79 Å². The smallest absolute Gasteiger partial charge is 0.275 e.